The van der Waals surface area contributed by atoms with Crippen molar-refractivity contribution in [2.45, 2.75) is 65.2 Å². The van der Waals surface area contributed by atoms with E-state index in [-0.39, 0.29) is 19.8 Å². The van der Waals surface area contributed by atoms with Crippen LogP contribution in [0.15, 0.2) is 24.3 Å². The molecule has 0 fully saturated rings. The highest BCUT2D eigenvalue weighted by Gasteiger charge is 2.35. The van der Waals surface area contributed by atoms with Gasteiger partial charge in [-0.25, -0.2) is 0 Å². The molecular formula is C74H142NO32S+2. The molecule has 1 aromatic rings. The molecule has 108 heavy (non-hydrogen) atoms. The summed E-state index contributed by atoms with van der Waals surface area (Å²) in [6.45, 7) is 29.5. The SMILES string of the molecule is C/C=C/c1cc(CCCCCCCCC)ccc1OCCOCCOCCOCCOCCOCCOCCOCCOCCOCCOCCOCCOCCOCCOCCOCCOCCOCCOCCOCCOCCOCCOCCOCCOCCOCCOCCOCCO[S+]([O])(=O)O[NH3+]. The Morgan fingerprint density at radius 2 is 0.472 bits per heavy atom. The molecule has 1 radical (unpaired) electrons. The third-order valence-corrected chi connectivity index (χ3v) is 15.0. The van der Waals surface area contributed by atoms with E-state index in [4.69, 9.17) is 133 Å². The van der Waals surface area contributed by atoms with Crippen molar-refractivity contribution < 1.29 is 156 Å². The van der Waals surface area contributed by atoms with Gasteiger partial charge in [0.25, 0.3) is 0 Å². The fourth-order valence-electron chi connectivity index (χ4n) is 8.74. The topological polar surface area (TPSA) is 342 Å². The predicted molar refractivity (Wildman–Crippen MR) is 399 cm³/mol. The van der Waals surface area contributed by atoms with E-state index in [0.717, 1.165) is 17.7 Å². The van der Waals surface area contributed by atoms with Crippen LogP contribution >= 0.6 is 0 Å². The van der Waals surface area contributed by atoms with Gasteiger partial charge in [-0.2, -0.15) is 5.90 Å². The maximum atomic E-state index is 10.9. The molecule has 0 spiro atoms. The van der Waals surface area contributed by atoms with Crippen molar-refractivity contribution in [2.75, 3.05) is 370 Å². The first kappa shape index (κ1) is 104. The van der Waals surface area contributed by atoms with E-state index in [1.165, 1.54) is 50.5 Å². The van der Waals surface area contributed by atoms with E-state index in [2.05, 4.69) is 51.6 Å². The first-order chi connectivity index (χ1) is 53.5. The van der Waals surface area contributed by atoms with Crippen molar-refractivity contribution in [1.82, 2.24) is 0 Å². The summed E-state index contributed by atoms with van der Waals surface area (Å²) in [6.07, 6.45) is 14.5. The number of hydrogen-bond acceptors (Lipinski definition) is 31. The summed E-state index contributed by atoms with van der Waals surface area (Å²) in [6, 6.07) is 6.53. The van der Waals surface area contributed by atoms with Gasteiger partial charge in [0.15, 0.2) is 0 Å². The van der Waals surface area contributed by atoms with Crippen molar-refractivity contribution in [2.24, 2.45) is 0 Å². The number of quaternary nitrogens is 1. The number of aryl methyl sites for hydroxylation is 1. The van der Waals surface area contributed by atoms with Gasteiger partial charge in [-0.05, 0) is 37.5 Å². The highest BCUT2D eigenvalue weighted by Crippen LogP contribution is 2.23. The molecule has 34 heteroatoms. The molecule has 3 N–H and O–H groups in total. The standard InChI is InChI=1S/C74H142NO32S/c1-3-5-6-7-8-9-10-12-72-13-14-74(73(71-72)11-4-2)105-69-67-103-65-63-101-61-59-99-57-55-97-53-51-95-49-47-93-45-43-91-41-39-89-37-35-87-33-31-85-29-27-83-25-23-81-21-19-79-17-15-78-16-18-80-20-22-82-24-26-84-28-30-86-32-34-88-36-38-90-40-42-92-44-46-94-48-50-96-52-54-98-56-58-100-60-62-102-64-66-104-68-70-106-108(76,77)107-75/h4,11,13-14,71H,3,5-10,12,15-70H2,1-2,75H3/q+2/b11-4+. The quantitative estimate of drug-likeness (QED) is 0.0524. The van der Waals surface area contributed by atoms with E-state index in [0.29, 0.717) is 350 Å². The summed E-state index contributed by atoms with van der Waals surface area (Å²) in [5.41, 5.74) is 2.49. The molecule has 1 unspecified atom stereocenters. The van der Waals surface area contributed by atoms with Gasteiger partial charge in [0.2, 0.25) is 0 Å². The maximum absolute atomic E-state index is 10.9. The summed E-state index contributed by atoms with van der Waals surface area (Å²) in [4.78, 5) is 0. The first-order valence-electron chi connectivity index (χ1n) is 38.8. The highest BCUT2D eigenvalue weighted by atomic mass is 32.3. The Hall–Kier alpha value is -2.33. The van der Waals surface area contributed by atoms with Gasteiger partial charge in [0, 0.05) is 9.77 Å². The normalized spacial score (nSPS) is 12.4. The average molecular weight is 1590 g/mol. The Labute approximate surface area is 646 Å². The largest absolute Gasteiger partial charge is 0.597 e. The third-order valence-electron chi connectivity index (χ3n) is 14.2. The van der Waals surface area contributed by atoms with Crippen molar-refractivity contribution in [1.29, 1.82) is 0 Å². The van der Waals surface area contributed by atoms with Gasteiger partial charge in [-0.1, -0.05) is 63.7 Å². The average Bonchev–Trinajstić information content (AvgIpc) is 0.863. The number of ether oxygens (including phenoxy) is 28. The van der Waals surface area contributed by atoms with Crippen LogP contribution in [0.25, 0.3) is 6.08 Å². The van der Waals surface area contributed by atoms with Gasteiger partial charge in [-0.3, -0.25) is 0 Å². The highest BCUT2D eigenvalue weighted by molar-refractivity contribution is 7.88. The predicted octanol–water partition coefficient (Wildman–Crippen LogP) is 4.70. The number of benzene rings is 1. The van der Waals surface area contributed by atoms with E-state index >= 15 is 0 Å². The molecule has 0 saturated heterocycles. The van der Waals surface area contributed by atoms with Crippen LogP contribution in [0.5, 0.6) is 5.75 Å². The Kier molecular flexibility index (Phi) is 86.6. The molecular weight excluding hydrogens is 1450 g/mol. The van der Waals surface area contributed by atoms with Crippen molar-refractivity contribution in [3.8, 4) is 5.75 Å². The van der Waals surface area contributed by atoms with Crippen LogP contribution in [0.1, 0.15) is 69.9 Å². The lowest BCUT2D eigenvalue weighted by molar-refractivity contribution is -0.640. The fourth-order valence-corrected chi connectivity index (χ4v) is 9.08. The number of allylic oxidation sites excluding steroid dienone is 1. The van der Waals surface area contributed by atoms with Crippen LogP contribution in [-0.2, 0) is 162 Å². The molecule has 0 aromatic heterocycles. The fraction of sp³-hybridized carbons (Fsp3) is 0.892. The summed E-state index contributed by atoms with van der Waals surface area (Å²) in [5.74, 6) is 3.67. The Morgan fingerprint density at radius 3 is 0.676 bits per heavy atom. The second-order valence-electron chi connectivity index (χ2n) is 23.0. The van der Waals surface area contributed by atoms with Crippen LogP contribution in [0, 0.1) is 0 Å². The molecule has 0 bridgehead atoms. The summed E-state index contributed by atoms with van der Waals surface area (Å²) in [7, 11) is -4.05. The summed E-state index contributed by atoms with van der Waals surface area (Å²) >= 11 is 0. The zero-order valence-electron chi connectivity index (χ0n) is 65.8. The monoisotopic (exact) mass is 1590 g/mol. The zero-order valence-corrected chi connectivity index (χ0v) is 66.6. The minimum absolute atomic E-state index is 0.0791. The molecule has 1 atom stereocenters. The maximum Gasteiger partial charge on any atom is 0.597 e. The van der Waals surface area contributed by atoms with Gasteiger partial charge in [0.05, 0.1) is 361 Å². The van der Waals surface area contributed by atoms with Crippen LogP contribution in [0.4, 0.5) is 0 Å². The molecule has 0 aliphatic heterocycles. The van der Waals surface area contributed by atoms with Crippen LogP contribution < -0.4 is 10.6 Å². The second-order valence-corrected chi connectivity index (χ2v) is 24.3. The van der Waals surface area contributed by atoms with Gasteiger partial charge < -0.3 is 133 Å². The molecule has 0 saturated carbocycles. The third kappa shape index (κ3) is 83.1. The Bertz CT molecular complexity index is 1970. The number of rotatable bonds is 96. The number of hydrogen-bond donors (Lipinski definition) is 1. The zero-order chi connectivity index (χ0) is 77.2. The van der Waals surface area contributed by atoms with E-state index in [1.807, 2.05) is 6.92 Å². The first-order valence-corrected chi connectivity index (χ1v) is 40.2. The minimum atomic E-state index is -4.05. The van der Waals surface area contributed by atoms with E-state index in [9.17, 15) is 8.76 Å². The van der Waals surface area contributed by atoms with Crippen molar-refractivity contribution >= 4 is 16.9 Å². The van der Waals surface area contributed by atoms with Crippen molar-refractivity contribution in [3.63, 3.8) is 0 Å². The van der Waals surface area contributed by atoms with E-state index < -0.39 is 10.8 Å². The van der Waals surface area contributed by atoms with Crippen LogP contribution in [0.3, 0.4) is 0 Å². The molecule has 1 aromatic carbocycles. The smallest absolute Gasteiger partial charge is 0.491 e. The second kappa shape index (κ2) is 90.2. The van der Waals surface area contributed by atoms with Crippen molar-refractivity contribution in [3.05, 3.63) is 35.4 Å². The van der Waals surface area contributed by atoms with Gasteiger partial charge in [0.1, 0.15) is 23.5 Å². The Balaban J connectivity index is 1.63. The lowest BCUT2D eigenvalue weighted by atomic mass is 10.0. The minimum Gasteiger partial charge on any atom is -0.491 e. The lowest BCUT2D eigenvalue weighted by Crippen LogP contribution is -2.53. The van der Waals surface area contributed by atoms with Gasteiger partial charge in [-0.15, -0.1) is 4.18 Å². The molecule has 1 rings (SSSR count). The van der Waals surface area contributed by atoms with E-state index in [1.54, 1.807) is 0 Å². The van der Waals surface area contributed by atoms with Gasteiger partial charge >= 0.3 is 10.8 Å². The summed E-state index contributed by atoms with van der Waals surface area (Å²) in [5, 5.41) is 0. The molecule has 33 nitrogen and oxygen atoms in total. The molecule has 0 heterocycles. The lowest BCUT2D eigenvalue weighted by Gasteiger charge is -2.12. The number of unbranched alkanes of at least 4 members (excludes halogenated alkanes) is 6. The van der Waals surface area contributed by atoms with Crippen LogP contribution in [-0.4, -0.2) is 370 Å². The molecule has 0 amide bonds. The Morgan fingerprint density at radius 1 is 0.278 bits per heavy atom. The molecule has 639 valence electrons. The van der Waals surface area contributed by atoms with Crippen LogP contribution in [0.2, 0.25) is 0 Å². The molecule has 0 aliphatic rings. The molecule has 0 aliphatic carbocycles. The summed E-state index contributed by atoms with van der Waals surface area (Å²) < 4.78 is 185.